The van der Waals surface area contributed by atoms with Gasteiger partial charge in [0.1, 0.15) is 0 Å². The monoisotopic (exact) mass is 326 g/mol. The first-order chi connectivity index (χ1) is 11.2. The van der Waals surface area contributed by atoms with E-state index in [4.69, 9.17) is 9.31 Å². The van der Waals surface area contributed by atoms with Gasteiger partial charge in [0.25, 0.3) is 0 Å². The molecule has 0 aliphatic carbocycles. The molecule has 1 N–H and O–H groups in total. The van der Waals surface area contributed by atoms with Crippen molar-refractivity contribution in [3.8, 4) is 0 Å². The fourth-order valence-corrected chi connectivity index (χ4v) is 3.05. The number of hydrogen-bond donors (Lipinski definition) is 1. The molecule has 0 bridgehead atoms. The third-order valence-corrected chi connectivity index (χ3v) is 5.20. The minimum Gasteiger partial charge on any atom is -0.481 e. The van der Waals surface area contributed by atoms with E-state index in [1.54, 1.807) is 0 Å². The normalized spacial score (nSPS) is 20.2. The molecule has 1 atom stereocenters. The van der Waals surface area contributed by atoms with Gasteiger partial charge in [0, 0.05) is 5.82 Å². The van der Waals surface area contributed by atoms with E-state index in [9.17, 15) is 9.90 Å². The molecule has 1 heterocycles. The first-order valence-corrected chi connectivity index (χ1v) is 8.26. The van der Waals surface area contributed by atoms with E-state index in [2.05, 4.69) is 0 Å². The van der Waals surface area contributed by atoms with Crippen molar-refractivity contribution < 1.29 is 19.2 Å². The molecule has 1 aliphatic heterocycles. The molecule has 0 radical (unpaired) electrons. The molecule has 0 aromatic heterocycles. The van der Waals surface area contributed by atoms with Gasteiger partial charge in [-0.05, 0) is 44.0 Å². The summed E-state index contributed by atoms with van der Waals surface area (Å²) in [5, 5.41) is 11.6. The second-order valence-electron chi connectivity index (χ2n) is 7.44. The van der Waals surface area contributed by atoms with Crippen molar-refractivity contribution in [1.82, 2.24) is 0 Å². The Balaban J connectivity index is 1.98. The lowest BCUT2D eigenvalue weighted by Gasteiger charge is -2.32. The molecule has 2 aromatic carbocycles. The Morgan fingerprint density at radius 2 is 1.62 bits per heavy atom. The number of fused-ring (bicyclic) bond motifs is 1. The molecule has 5 heteroatoms. The summed E-state index contributed by atoms with van der Waals surface area (Å²) in [5.74, 6) is -1.21. The van der Waals surface area contributed by atoms with E-state index in [1.165, 1.54) is 0 Å². The number of carbonyl (C=O) groups is 1. The average Bonchev–Trinajstić information content (AvgIpc) is 2.72. The van der Waals surface area contributed by atoms with Crippen molar-refractivity contribution in [2.75, 3.05) is 0 Å². The number of hydrogen-bond acceptors (Lipinski definition) is 3. The highest BCUT2D eigenvalue weighted by Crippen LogP contribution is 2.42. The minimum absolute atomic E-state index is 0.0326. The minimum atomic E-state index is -0.858. The van der Waals surface area contributed by atoms with Gasteiger partial charge in [-0.1, -0.05) is 42.5 Å². The maximum absolute atomic E-state index is 11.4. The van der Waals surface area contributed by atoms with Crippen LogP contribution in [-0.2, 0) is 14.1 Å². The van der Waals surface area contributed by atoms with Crippen LogP contribution in [0.15, 0.2) is 42.5 Å². The molecule has 2 aromatic rings. The Hall–Kier alpha value is -1.85. The third-order valence-electron chi connectivity index (χ3n) is 5.20. The average molecular weight is 326 g/mol. The van der Waals surface area contributed by atoms with E-state index in [1.807, 2.05) is 70.2 Å². The number of aliphatic carboxylic acids is 1. The number of carboxylic acids is 1. The van der Waals surface area contributed by atoms with Crippen molar-refractivity contribution >= 4 is 23.9 Å². The van der Waals surface area contributed by atoms with Crippen LogP contribution in [0.4, 0.5) is 0 Å². The van der Waals surface area contributed by atoms with Crippen LogP contribution in [0.1, 0.15) is 45.5 Å². The molecule has 1 saturated heterocycles. The smallest absolute Gasteiger partial charge is 0.466 e. The molecule has 0 spiro atoms. The van der Waals surface area contributed by atoms with Crippen molar-refractivity contribution in [1.29, 1.82) is 0 Å². The lowest BCUT2D eigenvalue weighted by atomic mass is 9.66. The van der Waals surface area contributed by atoms with Gasteiger partial charge in [-0.3, -0.25) is 4.79 Å². The summed E-state index contributed by atoms with van der Waals surface area (Å²) in [7, 11) is -0.577. The molecule has 4 nitrogen and oxygen atoms in total. The quantitative estimate of drug-likeness (QED) is 0.862. The van der Waals surface area contributed by atoms with Crippen LogP contribution in [0.2, 0.25) is 0 Å². The van der Waals surface area contributed by atoms with Gasteiger partial charge in [0.2, 0.25) is 0 Å². The van der Waals surface area contributed by atoms with Crippen LogP contribution in [-0.4, -0.2) is 29.4 Å². The van der Waals surface area contributed by atoms with Gasteiger partial charge in [0.15, 0.2) is 0 Å². The maximum atomic E-state index is 11.4. The van der Waals surface area contributed by atoms with Crippen LogP contribution in [0, 0.1) is 0 Å². The predicted molar refractivity (Wildman–Crippen MR) is 95.0 cm³/mol. The summed E-state index contributed by atoms with van der Waals surface area (Å²) < 4.78 is 12.2. The highest BCUT2D eigenvalue weighted by atomic mass is 16.7. The molecular weight excluding hydrogens is 303 g/mol. The van der Waals surface area contributed by atoms with Crippen LogP contribution < -0.4 is 0 Å². The van der Waals surface area contributed by atoms with Crippen LogP contribution in [0.25, 0.3) is 10.8 Å². The van der Waals surface area contributed by atoms with E-state index in [0.717, 1.165) is 16.3 Å². The summed E-state index contributed by atoms with van der Waals surface area (Å²) in [6.07, 6.45) is -0.0326. The molecule has 1 aliphatic rings. The van der Waals surface area contributed by atoms with Crippen LogP contribution in [0.5, 0.6) is 0 Å². The molecule has 3 rings (SSSR count). The molecule has 0 amide bonds. The van der Waals surface area contributed by atoms with Gasteiger partial charge in [-0.25, -0.2) is 0 Å². The molecular formula is C19H23BO4. The largest absolute Gasteiger partial charge is 0.481 e. The Bertz CT molecular complexity index is 753. The van der Waals surface area contributed by atoms with Crippen LogP contribution >= 0.6 is 0 Å². The first-order valence-electron chi connectivity index (χ1n) is 8.26. The first kappa shape index (κ1) is 17.0. The second kappa shape index (κ2) is 5.90. The van der Waals surface area contributed by atoms with Gasteiger partial charge in [-0.15, -0.1) is 0 Å². The fraction of sp³-hybridized carbons (Fsp3) is 0.421. The molecule has 126 valence electrons. The Kier molecular flexibility index (Phi) is 4.18. The highest BCUT2D eigenvalue weighted by Gasteiger charge is 2.54. The fourth-order valence-electron chi connectivity index (χ4n) is 3.05. The topological polar surface area (TPSA) is 55.8 Å². The van der Waals surface area contributed by atoms with E-state index in [0.29, 0.717) is 0 Å². The van der Waals surface area contributed by atoms with Crippen molar-refractivity contribution in [2.45, 2.75) is 51.1 Å². The zero-order chi connectivity index (χ0) is 17.5. The van der Waals surface area contributed by atoms with E-state index in [-0.39, 0.29) is 12.2 Å². The van der Waals surface area contributed by atoms with Crippen molar-refractivity contribution in [3.05, 3.63) is 48.0 Å². The van der Waals surface area contributed by atoms with Gasteiger partial charge in [0.05, 0.1) is 17.6 Å². The number of carboxylic acid groups (broad SMARTS) is 1. The predicted octanol–water partition coefficient (Wildman–Crippen LogP) is 4.03. The van der Waals surface area contributed by atoms with Gasteiger partial charge in [-0.2, -0.15) is 0 Å². The van der Waals surface area contributed by atoms with Crippen LogP contribution in [0.3, 0.4) is 0 Å². The van der Waals surface area contributed by atoms with E-state index >= 15 is 0 Å². The standard InChI is InChI=1S/C19H23BO4/c1-18(2)19(3,4)24-20(23-18)16(12-17(21)22)15-10-9-13-7-5-6-8-14(13)11-15/h5-11,16H,12H2,1-4H3,(H,21,22). The zero-order valence-electron chi connectivity index (χ0n) is 14.6. The summed E-state index contributed by atoms with van der Waals surface area (Å²) in [5.41, 5.74) is -0.0362. The molecule has 0 saturated carbocycles. The molecule has 1 fully saturated rings. The van der Waals surface area contributed by atoms with Crippen molar-refractivity contribution in [3.63, 3.8) is 0 Å². The Labute approximate surface area is 142 Å². The summed E-state index contributed by atoms with van der Waals surface area (Å²) in [6, 6.07) is 14.1. The lowest BCUT2D eigenvalue weighted by molar-refractivity contribution is -0.137. The van der Waals surface area contributed by atoms with Crippen molar-refractivity contribution in [2.24, 2.45) is 0 Å². The number of benzene rings is 2. The Morgan fingerprint density at radius 3 is 2.21 bits per heavy atom. The maximum Gasteiger partial charge on any atom is 0.466 e. The Morgan fingerprint density at radius 1 is 1.04 bits per heavy atom. The lowest BCUT2D eigenvalue weighted by Crippen LogP contribution is -2.41. The zero-order valence-corrected chi connectivity index (χ0v) is 14.6. The summed E-state index contributed by atoms with van der Waals surface area (Å²) >= 11 is 0. The summed E-state index contributed by atoms with van der Waals surface area (Å²) in [6.45, 7) is 7.91. The molecule has 24 heavy (non-hydrogen) atoms. The van der Waals surface area contributed by atoms with E-state index < -0.39 is 24.3 Å². The molecule has 1 unspecified atom stereocenters. The SMILES string of the molecule is CC1(C)OB(C(CC(=O)O)c2ccc3ccccc3c2)OC1(C)C. The third kappa shape index (κ3) is 3.06. The van der Waals surface area contributed by atoms with Gasteiger partial charge < -0.3 is 14.4 Å². The number of rotatable bonds is 4. The van der Waals surface area contributed by atoms with Gasteiger partial charge >= 0.3 is 13.1 Å². The highest BCUT2D eigenvalue weighted by molar-refractivity contribution is 6.48. The second-order valence-corrected chi connectivity index (χ2v) is 7.44. The summed E-state index contributed by atoms with van der Waals surface area (Å²) in [4.78, 5) is 11.4.